The Morgan fingerprint density at radius 1 is 1.12 bits per heavy atom. The molecule has 98 valence electrons. The van der Waals surface area contributed by atoms with Gasteiger partial charge in [-0.25, -0.2) is 0 Å². The molecule has 2 aliphatic heterocycles. The molecule has 0 aromatic carbocycles. The van der Waals surface area contributed by atoms with Crippen molar-refractivity contribution in [2.75, 3.05) is 26.4 Å². The summed E-state index contributed by atoms with van der Waals surface area (Å²) in [5.74, 6) is 0.461. The highest BCUT2D eigenvalue weighted by Crippen LogP contribution is 2.20. The smallest absolute Gasteiger partial charge is 0.148 e. The highest BCUT2D eigenvalue weighted by atomic mass is 16.5. The van der Waals surface area contributed by atoms with E-state index in [0.29, 0.717) is 19.1 Å². The molecule has 0 aromatic heterocycles. The van der Waals surface area contributed by atoms with E-state index in [2.05, 4.69) is 0 Å². The van der Waals surface area contributed by atoms with Crippen LogP contribution in [-0.4, -0.2) is 44.9 Å². The van der Waals surface area contributed by atoms with Crippen LogP contribution in [0.3, 0.4) is 0 Å². The number of hydrogen-bond donors (Lipinski definition) is 0. The standard InChI is InChI=1S/C13H22O4/c14-8-13-7-11(4-6-17-13)9-15-10-12-3-1-2-5-16-12/h8,11-13H,1-7,9-10H2. The lowest BCUT2D eigenvalue weighted by Gasteiger charge is -2.27. The summed E-state index contributed by atoms with van der Waals surface area (Å²) in [7, 11) is 0. The largest absolute Gasteiger partial charge is 0.378 e. The van der Waals surface area contributed by atoms with Gasteiger partial charge >= 0.3 is 0 Å². The van der Waals surface area contributed by atoms with Crippen molar-refractivity contribution in [2.24, 2.45) is 5.92 Å². The quantitative estimate of drug-likeness (QED) is 0.686. The van der Waals surface area contributed by atoms with Crippen LogP contribution in [0.2, 0.25) is 0 Å². The second-order valence-electron chi connectivity index (χ2n) is 4.96. The molecule has 0 bridgehead atoms. The zero-order valence-electron chi connectivity index (χ0n) is 10.3. The molecule has 0 spiro atoms. The number of carbonyl (C=O) groups is 1. The summed E-state index contributed by atoms with van der Waals surface area (Å²) in [6.07, 6.45) is 6.30. The lowest BCUT2D eigenvalue weighted by Crippen LogP contribution is -2.31. The van der Waals surface area contributed by atoms with Gasteiger partial charge in [-0.3, -0.25) is 0 Å². The monoisotopic (exact) mass is 242 g/mol. The van der Waals surface area contributed by atoms with Crippen LogP contribution in [0.1, 0.15) is 32.1 Å². The minimum atomic E-state index is -0.219. The maximum atomic E-state index is 10.6. The Balaban J connectivity index is 1.59. The Labute approximate surface area is 103 Å². The van der Waals surface area contributed by atoms with Gasteiger partial charge in [0.25, 0.3) is 0 Å². The minimum absolute atomic E-state index is 0.219. The van der Waals surface area contributed by atoms with Crippen molar-refractivity contribution in [2.45, 2.75) is 44.3 Å². The van der Waals surface area contributed by atoms with Crippen molar-refractivity contribution in [3.63, 3.8) is 0 Å². The van der Waals surface area contributed by atoms with Crippen molar-refractivity contribution < 1.29 is 19.0 Å². The summed E-state index contributed by atoms with van der Waals surface area (Å²) < 4.78 is 16.6. The summed E-state index contributed by atoms with van der Waals surface area (Å²) in [4.78, 5) is 10.6. The molecule has 2 fully saturated rings. The van der Waals surface area contributed by atoms with Gasteiger partial charge in [0.2, 0.25) is 0 Å². The van der Waals surface area contributed by atoms with E-state index in [0.717, 1.165) is 38.8 Å². The zero-order chi connectivity index (χ0) is 11.9. The fourth-order valence-corrected chi connectivity index (χ4v) is 2.45. The maximum Gasteiger partial charge on any atom is 0.148 e. The Kier molecular flexibility index (Phi) is 5.42. The molecule has 0 aliphatic carbocycles. The average Bonchev–Trinajstić information content (AvgIpc) is 2.40. The average molecular weight is 242 g/mol. The summed E-state index contributed by atoms with van der Waals surface area (Å²) in [5.41, 5.74) is 0. The van der Waals surface area contributed by atoms with Crippen LogP contribution >= 0.6 is 0 Å². The Bertz CT molecular complexity index is 225. The van der Waals surface area contributed by atoms with Gasteiger partial charge in [-0.1, -0.05) is 0 Å². The van der Waals surface area contributed by atoms with E-state index >= 15 is 0 Å². The zero-order valence-corrected chi connectivity index (χ0v) is 10.3. The molecule has 0 amide bonds. The predicted octanol–water partition coefficient (Wildman–Crippen LogP) is 1.57. The minimum Gasteiger partial charge on any atom is -0.378 e. The molecule has 0 radical (unpaired) electrons. The van der Waals surface area contributed by atoms with Gasteiger partial charge in [-0.2, -0.15) is 0 Å². The van der Waals surface area contributed by atoms with E-state index < -0.39 is 0 Å². The van der Waals surface area contributed by atoms with E-state index in [1.54, 1.807) is 0 Å². The summed E-state index contributed by atoms with van der Waals surface area (Å²) in [5, 5.41) is 0. The number of ether oxygens (including phenoxy) is 3. The highest BCUT2D eigenvalue weighted by molar-refractivity contribution is 5.56. The molecule has 0 aromatic rings. The molecule has 4 nitrogen and oxygen atoms in total. The van der Waals surface area contributed by atoms with Crippen molar-refractivity contribution in [3.8, 4) is 0 Å². The van der Waals surface area contributed by atoms with Crippen LogP contribution in [-0.2, 0) is 19.0 Å². The third-order valence-electron chi connectivity index (χ3n) is 3.51. The van der Waals surface area contributed by atoms with Crippen LogP contribution in [0.4, 0.5) is 0 Å². The topological polar surface area (TPSA) is 44.8 Å². The number of hydrogen-bond acceptors (Lipinski definition) is 4. The summed E-state index contributed by atoms with van der Waals surface area (Å²) in [6.45, 7) is 2.98. The van der Waals surface area contributed by atoms with E-state index in [9.17, 15) is 4.79 Å². The Morgan fingerprint density at radius 2 is 2.06 bits per heavy atom. The molecule has 2 saturated heterocycles. The van der Waals surface area contributed by atoms with Crippen LogP contribution in [0, 0.1) is 5.92 Å². The van der Waals surface area contributed by atoms with Gasteiger partial charge in [-0.15, -0.1) is 0 Å². The van der Waals surface area contributed by atoms with Gasteiger partial charge in [0, 0.05) is 19.8 Å². The number of aldehydes is 1. The van der Waals surface area contributed by atoms with Gasteiger partial charge in [0.05, 0.1) is 12.7 Å². The molecule has 2 rings (SSSR count). The highest BCUT2D eigenvalue weighted by Gasteiger charge is 2.22. The summed E-state index contributed by atoms with van der Waals surface area (Å²) in [6, 6.07) is 0. The van der Waals surface area contributed by atoms with Crippen molar-refractivity contribution in [1.29, 1.82) is 0 Å². The molecule has 0 saturated carbocycles. The third kappa shape index (κ3) is 4.37. The van der Waals surface area contributed by atoms with Crippen LogP contribution in [0.15, 0.2) is 0 Å². The first kappa shape index (κ1) is 13.0. The molecular weight excluding hydrogens is 220 g/mol. The molecular formula is C13H22O4. The first-order chi connectivity index (χ1) is 8.38. The second kappa shape index (κ2) is 7.09. The molecule has 4 heteroatoms. The SMILES string of the molecule is O=CC1CC(COCC2CCCCO2)CCO1. The van der Waals surface area contributed by atoms with Crippen molar-refractivity contribution in [3.05, 3.63) is 0 Å². The van der Waals surface area contributed by atoms with Crippen molar-refractivity contribution >= 4 is 6.29 Å². The molecule has 3 unspecified atom stereocenters. The normalized spacial score (nSPS) is 34.5. The van der Waals surface area contributed by atoms with Gasteiger partial charge in [0.1, 0.15) is 12.4 Å². The molecule has 3 atom stereocenters. The van der Waals surface area contributed by atoms with E-state index in [1.165, 1.54) is 12.8 Å². The van der Waals surface area contributed by atoms with Crippen LogP contribution in [0.5, 0.6) is 0 Å². The second-order valence-corrected chi connectivity index (χ2v) is 4.96. The predicted molar refractivity (Wildman–Crippen MR) is 62.9 cm³/mol. The molecule has 2 aliphatic rings. The molecule has 17 heavy (non-hydrogen) atoms. The number of carbonyl (C=O) groups excluding carboxylic acids is 1. The van der Waals surface area contributed by atoms with E-state index in [-0.39, 0.29) is 12.2 Å². The van der Waals surface area contributed by atoms with Gasteiger partial charge < -0.3 is 19.0 Å². The van der Waals surface area contributed by atoms with Crippen LogP contribution in [0.25, 0.3) is 0 Å². The molecule has 2 heterocycles. The summed E-state index contributed by atoms with van der Waals surface area (Å²) >= 11 is 0. The van der Waals surface area contributed by atoms with Crippen LogP contribution < -0.4 is 0 Å². The van der Waals surface area contributed by atoms with E-state index in [1.807, 2.05) is 0 Å². The van der Waals surface area contributed by atoms with Gasteiger partial charge in [0.15, 0.2) is 0 Å². The first-order valence-electron chi connectivity index (χ1n) is 6.64. The Hall–Kier alpha value is -0.450. The lowest BCUT2D eigenvalue weighted by molar-refractivity contribution is -0.124. The fraction of sp³-hybridized carbons (Fsp3) is 0.923. The Morgan fingerprint density at radius 3 is 2.82 bits per heavy atom. The third-order valence-corrected chi connectivity index (χ3v) is 3.51. The maximum absolute atomic E-state index is 10.6. The molecule has 0 N–H and O–H groups in total. The number of rotatable bonds is 5. The van der Waals surface area contributed by atoms with E-state index in [4.69, 9.17) is 14.2 Å². The first-order valence-corrected chi connectivity index (χ1v) is 6.64. The van der Waals surface area contributed by atoms with Crippen molar-refractivity contribution in [1.82, 2.24) is 0 Å². The lowest BCUT2D eigenvalue weighted by atomic mass is 9.97. The van der Waals surface area contributed by atoms with Gasteiger partial charge in [-0.05, 0) is 38.0 Å². The fourth-order valence-electron chi connectivity index (χ4n) is 2.45.